The lowest BCUT2D eigenvalue weighted by atomic mass is 9.46. The summed E-state index contributed by atoms with van der Waals surface area (Å²) in [6.45, 7) is 9.70. The smallest absolute Gasteiger partial charge is 0.314 e. The predicted octanol–water partition coefficient (Wildman–Crippen LogP) is 6.45. The van der Waals surface area contributed by atoms with Crippen LogP contribution in [0.2, 0.25) is 0 Å². The number of fused-ring (bicyclic) bond motifs is 5. The zero-order valence-electron chi connectivity index (χ0n) is 19.7. The van der Waals surface area contributed by atoms with Gasteiger partial charge < -0.3 is 10.2 Å². The summed E-state index contributed by atoms with van der Waals surface area (Å²) in [5, 5.41) is 20.6. The molecule has 0 radical (unpaired) electrons. The fourth-order valence-electron chi connectivity index (χ4n) is 8.72. The second-order valence-corrected chi connectivity index (χ2v) is 12.0. The molecule has 2 N–H and O–H groups in total. The van der Waals surface area contributed by atoms with E-state index in [0.717, 1.165) is 36.2 Å². The molecule has 0 bridgehead atoms. The Labute approximate surface area is 183 Å². The van der Waals surface area contributed by atoms with Crippen molar-refractivity contribution < 1.29 is 15.0 Å². The molecule has 3 fully saturated rings. The van der Waals surface area contributed by atoms with Crippen molar-refractivity contribution in [1.29, 1.82) is 0 Å². The second kappa shape index (κ2) is 8.26. The van der Waals surface area contributed by atoms with E-state index in [4.69, 9.17) is 0 Å². The van der Waals surface area contributed by atoms with E-state index < -0.39 is 11.4 Å². The third kappa shape index (κ3) is 3.48. The molecule has 3 nitrogen and oxygen atoms in total. The second-order valence-electron chi connectivity index (χ2n) is 12.0. The minimum Gasteiger partial charge on any atom is -0.481 e. The first-order valence-corrected chi connectivity index (χ1v) is 12.8. The first kappa shape index (κ1) is 22.4. The number of allylic oxidation sites excluding steroid dienone is 1. The number of carboxylic acid groups (broad SMARTS) is 1. The third-order valence-corrected chi connectivity index (χ3v) is 10.2. The Morgan fingerprint density at radius 3 is 2.57 bits per heavy atom. The maximum atomic E-state index is 12.7. The van der Waals surface area contributed by atoms with Crippen molar-refractivity contribution in [1.82, 2.24) is 0 Å². The molecule has 0 aromatic carbocycles. The molecule has 0 spiro atoms. The van der Waals surface area contributed by atoms with Crippen LogP contribution in [0, 0.1) is 46.3 Å². The van der Waals surface area contributed by atoms with Crippen LogP contribution in [-0.4, -0.2) is 22.3 Å². The molecule has 0 saturated heterocycles. The van der Waals surface area contributed by atoms with Crippen molar-refractivity contribution in [3.05, 3.63) is 11.6 Å². The number of aliphatic hydroxyl groups is 1. The molecule has 170 valence electrons. The molecule has 0 aromatic rings. The molecule has 8 atom stereocenters. The summed E-state index contributed by atoms with van der Waals surface area (Å²) >= 11 is 0. The van der Waals surface area contributed by atoms with Crippen molar-refractivity contribution in [3.63, 3.8) is 0 Å². The molecule has 0 aliphatic heterocycles. The number of hydrogen-bond donors (Lipinski definition) is 2. The zero-order chi connectivity index (χ0) is 21.7. The molecule has 30 heavy (non-hydrogen) atoms. The van der Waals surface area contributed by atoms with E-state index in [2.05, 4.69) is 33.8 Å². The first-order chi connectivity index (χ1) is 14.2. The monoisotopic (exact) mass is 416 g/mol. The maximum absolute atomic E-state index is 12.7. The van der Waals surface area contributed by atoms with Gasteiger partial charge in [-0.15, -0.1) is 0 Å². The maximum Gasteiger partial charge on any atom is 0.314 e. The molecule has 1 unspecified atom stereocenters. The van der Waals surface area contributed by atoms with Crippen LogP contribution in [0.1, 0.15) is 98.3 Å². The Hall–Kier alpha value is -0.830. The van der Waals surface area contributed by atoms with Gasteiger partial charge in [-0.05, 0) is 92.3 Å². The van der Waals surface area contributed by atoms with E-state index in [-0.39, 0.29) is 12.0 Å². The van der Waals surface area contributed by atoms with Gasteiger partial charge in [-0.2, -0.15) is 0 Å². The standard InChI is InChI=1S/C27H44O3/c1-17(2)6-5-7-18(3)22-10-11-23-21-9-8-19-16-20(28)12-15-27(19,25(29)30)24(21)13-14-26(22,23)4/h8,17-18,20-24,28H,5-7,9-16H2,1-4H3,(H,29,30)/t18-,20?,21+,22-,23+,24+,26-,27-/m1/s1. The molecular weight excluding hydrogens is 372 g/mol. The van der Waals surface area contributed by atoms with E-state index in [1.165, 1.54) is 38.5 Å². The quantitative estimate of drug-likeness (QED) is 0.489. The highest BCUT2D eigenvalue weighted by atomic mass is 16.4. The number of carboxylic acids is 1. The third-order valence-electron chi connectivity index (χ3n) is 10.2. The Morgan fingerprint density at radius 1 is 1.10 bits per heavy atom. The summed E-state index contributed by atoms with van der Waals surface area (Å²) < 4.78 is 0. The lowest BCUT2D eigenvalue weighted by molar-refractivity contribution is -0.160. The van der Waals surface area contributed by atoms with Crippen molar-refractivity contribution in [3.8, 4) is 0 Å². The minimum absolute atomic E-state index is 0.274. The fourth-order valence-corrected chi connectivity index (χ4v) is 8.72. The van der Waals surface area contributed by atoms with Crippen molar-refractivity contribution in [2.45, 2.75) is 104 Å². The van der Waals surface area contributed by atoms with Crippen molar-refractivity contribution >= 4 is 5.97 Å². The number of hydrogen-bond acceptors (Lipinski definition) is 2. The highest BCUT2D eigenvalue weighted by Crippen LogP contribution is 2.67. The SMILES string of the molecule is CC(C)CCC[C@@H](C)[C@H]1CC[C@H]2[C@@H]3CC=C4CC(O)CC[C@]4(C(=O)O)[C@H]3CC[C@]12C. The van der Waals surface area contributed by atoms with Gasteiger partial charge in [-0.25, -0.2) is 0 Å². The minimum atomic E-state index is -0.690. The van der Waals surface area contributed by atoms with Crippen LogP contribution in [0.3, 0.4) is 0 Å². The predicted molar refractivity (Wildman–Crippen MR) is 121 cm³/mol. The summed E-state index contributed by atoms with van der Waals surface area (Å²) in [5.41, 5.74) is 0.748. The van der Waals surface area contributed by atoms with E-state index in [9.17, 15) is 15.0 Å². The van der Waals surface area contributed by atoms with Gasteiger partial charge in [0.05, 0.1) is 11.5 Å². The van der Waals surface area contributed by atoms with Crippen LogP contribution >= 0.6 is 0 Å². The molecule has 0 amide bonds. The first-order valence-electron chi connectivity index (χ1n) is 12.8. The number of carbonyl (C=O) groups is 1. The molecule has 3 saturated carbocycles. The van der Waals surface area contributed by atoms with Crippen LogP contribution in [0.5, 0.6) is 0 Å². The average Bonchev–Trinajstić information content (AvgIpc) is 3.04. The van der Waals surface area contributed by atoms with Gasteiger partial charge >= 0.3 is 5.97 Å². The van der Waals surface area contributed by atoms with Gasteiger partial charge in [0, 0.05) is 0 Å². The topological polar surface area (TPSA) is 57.5 Å². The molecule has 4 aliphatic rings. The largest absolute Gasteiger partial charge is 0.481 e. The average molecular weight is 417 g/mol. The number of aliphatic hydroxyl groups excluding tert-OH is 1. The summed E-state index contributed by atoms with van der Waals surface area (Å²) in [7, 11) is 0. The van der Waals surface area contributed by atoms with Crippen molar-refractivity contribution in [2.24, 2.45) is 46.3 Å². The van der Waals surface area contributed by atoms with Crippen LogP contribution in [0.15, 0.2) is 11.6 Å². The van der Waals surface area contributed by atoms with Crippen molar-refractivity contribution in [2.75, 3.05) is 0 Å². The van der Waals surface area contributed by atoms with Gasteiger partial charge in [0.25, 0.3) is 0 Å². The van der Waals surface area contributed by atoms with E-state index in [0.29, 0.717) is 36.5 Å². The summed E-state index contributed by atoms with van der Waals surface area (Å²) in [6, 6.07) is 0. The lowest BCUT2D eigenvalue weighted by Gasteiger charge is -2.57. The molecule has 0 heterocycles. The molecular formula is C27H44O3. The molecule has 3 heteroatoms. The number of rotatable bonds is 6. The van der Waals surface area contributed by atoms with Gasteiger partial charge in [0.15, 0.2) is 0 Å². The van der Waals surface area contributed by atoms with Crippen LogP contribution in [-0.2, 0) is 4.79 Å². The number of aliphatic carboxylic acids is 1. The normalized spacial score (nSPS) is 44.1. The van der Waals surface area contributed by atoms with Crippen LogP contribution < -0.4 is 0 Å². The Kier molecular flexibility index (Phi) is 6.16. The van der Waals surface area contributed by atoms with Crippen LogP contribution in [0.4, 0.5) is 0 Å². The molecule has 4 aliphatic carbocycles. The van der Waals surface area contributed by atoms with E-state index >= 15 is 0 Å². The fraction of sp³-hybridized carbons (Fsp3) is 0.889. The highest BCUT2D eigenvalue weighted by Gasteiger charge is 2.62. The van der Waals surface area contributed by atoms with Gasteiger partial charge in [0.2, 0.25) is 0 Å². The zero-order valence-corrected chi connectivity index (χ0v) is 19.7. The highest BCUT2D eigenvalue weighted by molar-refractivity contribution is 5.80. The summed E-state index contributed by atoms with van der Waals surface area (Å²) in [4.78, 5) is 12.7. The molecule has 0 aromatic heterocycles. The Morgan fingerprint density at radius 2 is 1.87 bits per heavy atom. The lowest BCUT2D eigenvalue weighted by Crippen LogP contribution is -2.54. The summed E-state index contributed by atoms with van der Waals surface area (Å²) in [5.74, 6) is 3.23. The van der Waals surface area contributed by atoms with Gasteiger partial charge in [0.1, 0.15) is 0 Å². The van der Waals surface area contributed by atoms with E-state index in [1.54, 1.807) is 0 Å². The Bertz CT molecular complexity index is 682. The Balaban J connectivity index is 1.55. The molecule has 4 rings (SSSR count). The van der Waals surface area contributed by atoms with E-state index in [1.807, 2.05) is 0 Å². The summed E-state index contributed by atoms with van der Waals surface area (Å²) in [6.07, 6.45) is 13.7. The van der Waals surface area contributed by atoms with Crippen LogP contribution in [0.25, 0.3) is 0 Å². The van der Waals surface area contributed by atoms with Gasteiger partial charge in [-0.1, -0.05) is 58.6 Å². The van der Waals surface area contributed by atoms with Gasteiger partial charge in [-0.3, -0.25) is 4.79 Å².